The molecular formula is C16H16ClN3. The van der Waals surface area contributed by atoms with Gasteiger partial charge in [0.15, 0.2) is 0 Å². The highest BCUT2D eigenvalue weighted by Gasteiger charge is 2.14. The molecule has 0 aliphatic carbocycles. The standard InChI is InChI=1S/C16H16ClN3/c1-19(2)14-9-5-6-10-15(14)20-13-8-4-3-7-12(13)18-16(20)11-17/h3-10H,11H2,1-2H3. The highest BCUT2D eigenvalue weighted by molar-refractivity contribution is 6.17. The number of nitrogens with zero attached hydrogens (tertiary/aromatic N) is 3. The number of hydrogen-bond acceptors (Lipinski definition) is 2. The first-order valence-electron chi connectivity index (χ1n) is 6.51. The number of halogens is 1. The summed E-state index contributed by atoms with van der Waals surface area (Å²) in [7, 11) is 4.08. The van der Waals surface area contributed by atoms with Gasteiger partial charge < -0.3 is 4.90 Å². The van der Waals surface area contributed by atoms with Gasteiger partial charge >= 0.3 is 0 Å². The van der Waals surface area contributed by atoms with Gasteiger partial charge in [0.1, 0.15) is 5.82 Å². The summed E-state index contributed by atoms with van der Waals surface area (Å²) < 4.78 is 2.14. The van der Waals surface area contributed by atoms with Crippen LogP contribution in [-0.2, 0) is 5.88 Å². The maximum Gasteiger partial charge on any atom is 0.129 e. The van der Waals surface area contributed by atoms with Crippen LogP contribution in [-0.4, -0.2) is 23.6 Å². The van der Waals surface area contributed by atoms with Crippen molar-refractivity contribution in [2.45, 2.75) is 5.88 Å². The van der Waals surface area contributed by atoms with Crippen molar-refractivity contribution in [2.75, 3.05) is 19.0 Å². The highest BCUT2D eigenvalue weighted by Crippen LogP contribution is 2.28. The number of aromatic nitrogens is 2. The Hall–Kier alpha value is -2.00. The van der Waals surface area contributed by atoms with Crippen LogP contribution in [0.4, 0.5) is 5.69 Å². The molecule has 0 bridgehead atoms. The Morgan fingerprint density at radius 2 is 1.75 bits per heavy atom. The molecule has 4 heteroatoms. The predicted octanol–water partition coefficient (Wildman–Crippen LogP) is 3.83. The highest BCUT2D eigenvalue weighted by atomic mass is 35.5. The fourth-order valence-electron chi connectivity index (χ4n) is 2.47. The molecule has 0 N–H and O–H groups in total. The Bertz CT molecular complexity index is 746. The molecule has 3 rings (SSSR count). The molecule has 0 saturated heterocycles. The fourth-order valence-corrected chi connectivity index (χ4v) is 2.65. The third kappa shape index (κ3) is 2.04. The molecule has 2 aromatic carbocycles. The number of hydrogen-bond donors (Lipinski definition) is 0. The summed E-state index contributed by atoms with van der Waals surface area (Å²) >= 11 is 6.09. The van der Waals surface area contributed by atoms with Crippen molar-refractivity contribution in [3.05, 3.63) is 54.4 Å². The van der Waals surface area contributed by atoms with E-state index < -0.39 is 0 Å². The quantitative estimate of drug-likeness (QED) is 0.682. The van der Waals surface area contributed by atoms with E-state index in [1.807, 2.05) is 44.4 Å². The molecule has 3 nitrogen and oxygen atoms in total. The molecule has 20 heavy (non-hydrogen) atoms. The average molecular weight is 286 g/mol. The monoisotopic (exact) mass is 285 g/mol. The topological polar surface area (TPSA) is 21.1 Å². The third-order valence-corrected chi connectivity index (χ3v) is 3.59. The van der Waals surface area contributed by atoms with Gasteiger partial charge in [0.2, 0.25) is 0 Å². The average Bonchev–Trinajstić information content (AvgIpc) is 2.85. The van der Waals surface area contributed by atoms with Crippen LogP contribution in [0.15, 0.2) is 48.5 Å². The third-order valence-electron chi connectivity index (χ3n) is 3.35. The minimum atomic E-state index is 0.385. The van der Waals surface area contributed by atoms with E-state index in [4.69, 9.17) is 11.6 Å². The van der Waals surface area contributed by atoms with Crippen LogP contribution in [0.25, 0.3) is 16.7 Å². The molecule has 1 heterocycles. The molecule has 0 fully saturated rings. The maximum atomic E-state index is 6.09. The number of imidazole rings is 1. The lowest BCUT2D eigenvalue weighted by atomic mass is 10.2. The van der Waals surface area contributed by atoms with Gasteiger partial charge in [-0.1, -0.05) is 24.3 Å². The summed E-state index contributed by atoms with van der Waals surface area (Å²) in [5, 5.41) is 0. The van der Waals surface area contributed by atoms with Crippen LogP contribution in [0.5, 0.6) is 0 Å². The first-order valence-corrected chi connectivity index (χ1v) is 7.05. The maximum absolute atomic E-state index is 6.09. The van der Waals surface area contributed by atoms with Gasteiger partial charge in [0.25, 0.3) is 0 Å². The van der Waals surface area contributed by atoms with E-state index in [-0.39, 0.29) is 0 Å². The second kappa shape index (κ2) is 5.17. The van der Waals surface area contributed by atoms with Crippen LogP contribution >= 0.6 is 11.6 Å². The Kier molecular flexibility index (Phi) is 3.36. The van der Waals surface area contributed by atoms with Gasteiger partial charge in [0.05, 0.1) is 28.3 Å². The number of anilines is 1. The van der Waals surface area contributed by atoms with Gasteiger partial charge in [-0.05, 0) is 24.3 Å². The van der Waals surface area contributed by atoms with Crippen LogP contribution in [0, 0.1) is 0 Å². The van der Waals surface area contributed by atoms with E-state index in [0.29, 0.717) is 5.88 Å². The fraction of sp³-hybridized carbons (Fsp3) is 0.188. The molecule has 0 spiro atoms. The lowest BCUT2D eigenvalue weighted by Crippen LogP contribution is -2.13. The summed E-state index contributed by atoms with van der Waals surface area (Å²) in [6.45, 7) is 0. The Labute approximate surface area is 123 Å². The van der Waals surface area contributed by atoms with Crippen LogP contribution in [0.3, 0.4) is 0 Å². The second-order valence-corrected chi connectivity index (χ2v) is 5.14. The minimum absolute atomic E-state index is 0.385. The van der Waals surface area contributed by atoms with E-state index in [0.717, 1.165) is 28.2 Å². The minimum Gasteiger partial charge on any atom is -0.376 e. The number of benzene rings is 2. The summed E-state index contributed by atoms with van der Waals surface area (Å²) in [5.74, 6) is 1.25. The van der Waals surface area contributed by atoms with Crippen molar-refractivity contribution in [3.63, 3.8) is 0 Å². The van der Waals surface area contributed by atoms with Gasteiger partial charge in [-0.15, -0.1) is 11.6 Å². The van der Waals surface area contributed by atoms with Gasteiger partial charge in [0, 0.05) is 14.1 Å². The molecule has 0 radical (unpaired) electrons. The normalized spacial score (nSPS) is 10.9. The zero-order valence-electron chi connectivity index (χ0n) is 11.5. The van der Waals surface area contributed by atoms with E-state index in [1.54, 1.807) is 0 Å². The van der Waals surface area contributed by atoms with Gasteiger partial charge in [-0.25, -0.2) is 4.98 Å². The SMILES string of the molecule is CN(C)c1ccccc1-n1c(CCl)nc2ccccc21. The van der Waals surface area contributed by atoms with E-state index in [2.05, 4.69) is 32.7 Å². The molecule has 0 atom stereocenters. The van der Waals surface area contributed by atoms with E-state index in [1.165, 1.54) is 0 Å². The van der Waals surface area contributed by atoms with Crippen molar-refractivity contribution in [3.8, 4) is 5.69 Å². The van der Waals surface area contributed by atoms with Crippen molar-refractivity contribution in [1.82, 2.24) is 9.55 Å². The molecule has 0 aliphatic heterocycles. The first-order chi connectivity index (χ1) is 9.72. The molecule has 0 unspecified atom stereocenters. The summed E-state index contributed by atoms with van der Waals surface area (Å²) in [5.41, 5.74) is 4.29. The largest absolute Gasteiger partial charge is 0.376 e. The number of fused-ring (bicyclic) bond motifs is 1. The smallest absolute Gasteiger partial charge is 0.129 e. The Morgan fingerprint density at radius 3 is 2.50 bits per heavy atom. The molecular weight excluding hydrogens is 270 g/mol. The predicted molar refractivity (Wildman–Crippen MR) is 85.0 cm³/mol. The zero-order chi connectivity index (χ0) is 14.1. The molecule has 3 aromatic rings. The lowest BCUT2D eigenvalue weighted by Gasteiger charge is -2.19. The van der Waals surface area contributed by atoms with Crippen LogP contribution < -0.4 is 4.90 Å². The zero-order valence-corrected chi connectivity index (χ0v) is 12.3. The Balaban J connectivity index is 2.34. The number of para-hydroxylation sites is 4. The first kappa shape index (κ1) is 13.0. The summed E-state index contributed by atoms with van der Waals surface area (Å²) in [6.07, 6.45) is 0. The van der Waals surface area contributed by atoms with Crippen LogP contribution in [0.1, 0.15) is 5.82 Å². The van der Waals surface area contributed by atoms with Crippen molar-refractivity contribution in [1.29, 1.82) is 0 Å². The van der Waals surface area contributed by atoms with E-state index >= 15 is 0 Å². The number of rotatable bonds is 3. The summed E-state index contributed by atoms with van der Waals surface area (Å²) in [4.78, 5) is 6.72. The molecule has 0 saturated carbocycles. The van der Waals surface area contributed by atoms with Crippen molar-refractivity contribution in [2.24, 2.45) is 0 Å². The van der Waals surface area contributed by atoms with Gasteiger partial charge in [-0.3, -0.25) is 4.57 Å². The van der Waals surface area contributed by atoms with E-state index in [9.17, 15) is 0 Å². The van der Waals surface area contributed by atoms with Gasteiger partial charge in [-0.2, -0.15) is 0 Å². The Morgan fingerprint density at radius 1 is 1.05 bits per heavy atom. The summed E-state index contributed by atoms with van der Waals surface area (Å²) in [6, 6.07) is 16.4. The van der Waals surface area contributed by atoms with Crippen LogP contribution in [0.2, 0.25) is 0 Å². The molecule has 0 amide bonds. The second-order valence-electron chi connectivity index (χ2n) is 4.87. The van der Waals surface area contributed by atoms with Crippen molar-refractivity contribution >= 4 is 28.3 Å². The lowest BCUT2D eigenvalue weighted by molar-refractivity contribution is 0.968. The van der Waals surface area contributed by atoms with Crippen molar-refractivity contribution < 1.29 is 0 Å². The molecule has 0 aliphatic rings. The molecule has 102 valence electrons. The number of alkyl halides is 1. The molecule has 1 aromatic heterocycles.